The Morgan fingerprint density at radius 2 is 1.76 bits per heavy atom. The minimum atomic E-state index is -0.800. The highest BCUT2D eigenvalue weighted by Crippen LogP contribution is 2.36. The topological polar surface area (TPSA) is 73.9 Å². The molecule has 5 nitrogen and oxygen atoms in total. The van der Waals surface area contributed by atoms with Crippen molar-refractivity contribution in [3.63, 3.8) is 0 Å². The molecule has 0 heterocycles. The zero-order valence-electron chi connectivity index (χ0n) is 10.4. The summed E-state index contributed by atoms with van der Waals surface area (Å²) in [5.41, 5.74) is 4.99. The molecule has 1 aromatic rings. The molecule has 0 aliphatic carbocycles. The smallest absolute Gasteiger partial charge is 0.203 e. The molecule has 0 amide bonds. The molecule has 0 radical (unpaired) electrons. The normalized spacial score (nSPS) is 13.9. The van der Waals surface area contributed by atoms with Gasteiger partial charge in [-0.15, -0.1) is 0 Å². The summed E-state index contributed by atoms with van der Waals surface area (Å²) in [4.78, 5) is 0. The van der Waals surface area contributed by atoms with Crippen molar-refractivity contribution >= 4 is 0 Å². The Hall–Kier alpha value is -1.46. The largest absolute Gasteiger partial charge is 0.493 e. The summed E-state index contributed by atoms with van der Waals surface area (Å²) in [5, 5.41) is 9.06. The van der Waals surface area contributed by atoms with E-state index in [2.05, 4.69) is 0 Å². The van der Waals surface area contributed by atoms with Crippen LogP contribution in [0, 0.1) is 0 Å². The van der Waals surface area contributed by atoms with E-state index in [1.807, 2.05) is 0 Å². The van der Waals surface area contributed by atoms with Crippen molar-refractivity contribution in [3.05, 3.63) is 18.2 Å². The number of nitrogens with two attached hydrogens (primary N) is 1. The average molecular weight is 241 g/mol. The van der Waals surface area contributed by atoms with Crippen molar-refractivity contribution in [1.29, 1.82) is 0 Å². The summed E-state index contributed by atoms with van der Waals surface area (Å²) >= 11 is 0. The Kier molecular flexibility index (Phi) is 4.60. The number of para-hydroxylation sites is 1. The molecule has 0 bridgehead atoms. The first-order valence-corrected chi connectivity index (χ1v) is 5.27. The molecule has 0 saturated carbocycles. The van der Waals surface area contributed by atoms with Crippen LogP contribution in [0.1, 0.15) is 6.92 Å². The quantitative estimate of drug-likeness (QED) is 0.770. The SMILES string of the molecule is COc1cccc(OC)c1OCC(C)(N)CO. The minimum absolute atomic E-state index is 0.162. The molecule has 0 aliphatic rings. The molecule has 1 unspecified atom stereocenters. The fourth-order valence-electron chi connectivity index (χ4n) is 1.24. The van der Waals surface area contributed by atoms with Crippen molar-refractivity contribution in [2.45, 2.75) is 12.5 Å². The molecule has 0 fully saturated rings. The maximum atomic E-state index is 9.06. The van der Waals surface area contributed by atoms with Crippen LogP contribution in [0.15, 0.2) is 18.2 Å². The first kappa shape index (κ1) is 13.6. The van der Waals surface area contributed by atoms with E-state index in [4.69, 9.17) is 25.1 Å². The summed E-state index contributed by atoms with van der Waals surface area (Å²) in [6, 6.07) is 5.34. The molecule has 17 heavy (non-hydrogen) atoms. The maximum absolute atomic E-state index is 9.06. The van der Waals surface area contributed by atoms with Gasteiger partial charge in [0.1, 0.15) is 6.61 Å². The van der Waals surface area contributed by atoms with Crippen molar-refractivity contribution in [2.24, 2.45) is 5.73 Å². The number of ether oxygens (including phenoxy) is 3. The Labute approximate surface area is 101 Å². The van der Waals surface area contributed by atoms with E-state index in [0.29, 0.717) is 17.2 Å². The van der Waals surface area contributed by atoms with Crippen LogP contribution in [0.2, 0.25) is 0 Å². The highest BCUT2D eigenvalue weighted by atomic mass is 16.5. The lowest BCUT2D eigenvalue weighted by molar-refractivity contribution is 0.141. The van der Waals surface area contributed by atoms with Gasteiger partial charge < -0.3 is 25.1 Å². The van der Waals surface area contributed by atoms with Crippen LogP contribution in [-0.2, 0) is 0 Å². The third-order valence-electron chi connectivity index (χ3n) is 2.29. The first-order chi connectivity index (χ1) is 8.04. The van der Waals surface area contributed by atoms with Gasteiger partial charge in [-0.1, -0.05) is 6.07 Å². The lowest BCUT2D eigenvalue weighted by atomic mass is 10.1. The number of aliphatic hydroxyl groups excluding tert-OH is 1. The van der Waals surface area contributed by atoms with E-state index >= 15 is 0 Å². The molecular weight excluding hydrogens is 222 g/mol. The van der Waals surface area contributed by atoms with Crippen LogP contribution in [0.5, 0.6) is 17.2 Å². The monoisotopic (exact) mass is 241 g/mol. The van der Waals surface area contributed by atoms with Crippen molar-refractivity contribution in [1.82, 2.24) is 0 Å². The Morgan fingerprint density at radius 1 is 1.24 bits per heavy atom. The van der Waals surface area contributed by atoms with Gasteiger partial charge in [0.2, 0.25) is 5.75 Å². The number of hydrogen-bond acceptors (Lipinski definition) is 5. The number of hydrogen-bond donors (Lipinski definition) is 2. The Balaban J connectivity index is 2.88. The second-order valence-electron chi connectivity index (χ2n) is 4.09. The molecule has 96 valence electrons. The van der Waals surface area contributed by atoms with Crippen LogP contribution in [-0.4, -0.2) is 38.1 Å². The molecule has 0 aliphatic heterocycles. The van der Waals surface area contributed by atoms with Gasteiger partial charge in [0.05, 0.1) is 26.4 Å². The van der Waals surface area contributed by atoms with E-state index < -0.39 is 5.54 Å². The highest BCUT2D eigenvalue weighted by Gasteiger charge is 2.20. The van der Waals surface area contributed by atoms with E-state index in [0.717, 1.165) is 0 Å². The fraction of sp³-hybridized carbons (Fsp3) is 0.500. The van der Waals surface area contributed by atoms with Crippen LogP contribution in [0.4, 0.5) is 0 Å². The minimum Gasteiger partial charge on any atom is -0.493 e. The second-order valence-corrected chi connectivity index (χ2v) is 4.09. The molecule has 0 spiro atoms. The lowest BCUT2D eigenvalue weighted by Gasteiger charge is -2.23. The molecular formula is C12H19NO4. The van der Waals surface area contributed by atoms with Gasteiger partial charge in [-0.05, 0) is 19.1 Å². The molecule has 1 aromatic carbocycles. The third kappa shape index (κ3) is 3.51. The number of methoxy groups -OCH3 is 2. The summed E-state index contributed by atoms with van der Waals surface area (Å²) in [6.07, 6.45) is 0. The number of rotatable bonds is 6. The third-order valence-corrected chi connectivity index (χ3v) is 2.29. The summed E-state index contributed by atoms with van der Waals surface area (Å²) in [7, 11) is 3.10. The summed E-state index contributed by atoms with van der Waals surface area (Å²) in [6.45, 7) is 1.71. The van der Waals surface area contributed by atoms with Crippen molar-refractivity contribution in [3.8, 4) is 17.2 Å². The van der Waals surface area contributed by atoms with E-state index in [9.17, 15) is 0 Å². The van der Waals surface area contributed by atoms with Crippen LogP contribution < -0.4 is 19.9 Å². The van der Waals surface area contributed by atoms with Gasteiger partial charge in [-0.3, -0.25) is 0 Å². The molecule has 5 heteroatoms. The van der Waals surface area contributed by atoms with E-state index in [-0.39, 0.29) is 13.2 Å². The van der Waals surface area contributed by atoms with Gasteiger partial charge in [-0.25, -0.2) is 0 Å². The summed E-state index contributed by atoms with van der Waals surface area (Å²) in [5.74, 6) is 1.62. The summed E-state index contributed by atoms with van der Waals surface area (Å²) < 4.78 is 15.9. The van der Waals surface area contributed by atoms with Gasteiger partial charge in [0.15, 0.2) is 11.5 Å². The molecule has 1 atom stereocenters. The van der Waals surface area contributed by atoms with Gasteiger partial charge >= 0.3 is 0 Å². The molecule has 0 saturated heterocycles. The first-order valence-electron chi connectivity index (χ1n) is 5.27. The van der Waals surface area contributed by atoms with Crippen LogP contribution >= 0.6 is 0 Å². The van der Waals surface area contributed by atoms with Crippen LogP contribution in [0.25, 0.3) is 0 Å². The zero-order valence-corrected chi connectivity index (χ0v) is 10.4. The Bertz CT molecular complexity index is 343. The predicted octanol–water partition coefficient (Wildman–Crippen LogP) is 0.792. The molecule has 3 N–H and O–H groups in total. The average Bonchev–Trinajstić information content (AvgIpc) is 2.35. The standard InChI is InChI=1S/C12H19NO4/c1-12(13,7-14)8-17-11-9(15-2)5-4-6-10(11)16-3/h4-6,14H,7-8,13H2,1-3H3. The van der Waals surface area contributed by atoms with E-state index in [1.165, 1.54) is 0 Å². The van der Waals surface area contributed by atoms with Gasteiger partial charge in [-0.2, -0.15) is 0 Å². The van der Waals surface area contributed by atoms with Gasteiger partial charge in [0.25, 0.3) is 0 Å². The number of aliphatic hydroxyl groups is 1. The second kappa shape index (κ2) is 5.75. The van der Waals surface area contributed by atoms with E-state index in [1.54, 1.807) is 39.3 Å². The van der Waals surface area contributed by atoms with Crippen molar-refractivity contribution < 1.29 is 19.3 Å². The van der Waals surface area contributed by atoms with Crippen LogP contribution in [0.3, 0.4) is 0 Å². The maximum Gasteiger partial charge on any atom is 0.203 e. The number of benzene rings is 1. The molecule has 1 rings (SSSR count). The molecule has 0 aromatic heterocycles. The predicted molar refractivity (Wildman–Crippen MR) is 64.7 cm³/mol. The highest BCUT2D eigenvalue weighted by molar-refractivity contribution is 5.51. The van der Waals surface area contributed by atoms with Gasteiger partial charge in [0, 0.05) is 0 Å². The Morgan fingerprint density at radius 3 is 2.18 bits per heavy atom. The fourth-order valence-corrected chi connectivity index (χ4v) is 1.24. The van der Waals surface area contributed by atoms with Crippen molar-refractivity contribution in [2.75, 3.05) is 27.4 Å². The lowest BCUT2D eigenvalue weighted by Crippen LogP contribution is -2.45. The zero-order chi connectivity index (χ0) is 12.9.